The maximum Gasteiger partial charge on any atom is 0.305 e. The van der Waals surface area contributed by atoms with Crippen molar-refractivity contribution in [2.75, 3.05) is 6.61 Å². The van der Waals surface area contributed by atoms with Gasteiger partial charge in [0.15, 0.2) is 0 Å². The molecule has 4 atom stereocenters. The maximum absolute atomic E-state index is 12.2. The van der Waals surface area contributed by atoms with E-state index < -0.39 is 5.97 Å². The van der Waals surface area contributed by atoms with E-state index in [9.17, 15) is 19.2 Å². The number of ketones is 2. The van der Waals surface area contributed by atoms with E-state index >= 15 is 0 Å². The number of Topliss-reactive ketones (excluding diaryl/α,β-unsaturated/α-hetero) is 2. The molecule has 0 radical (unpaired) electrons. The number of ether oxygens (including phenoxy) is 1. The van der Waals surface area contributed by atoms with Crippen LogP contribution < -0.4 is 0 Å². The maximum atomic E-state index is 12.2. The first-order chi connectivity index (χ1) is 23.3. The van der Waals surface area contributed by atoms with Gasteiger partial charge in [-0.15, -0.1) is 0 Å². The molecule has 2 aliphatic carbocycles. The second kappa shape index (κ2) is 30.1. The highest BCUT2D eigenvalue weighted by atomic mass is 16.5. The summed E-state index contributed by atoms with van der Waals surface area (Å²) in [6.45, 7) is 6.82. The fraction of sp³-hybridized carbons (Fsp3) is 0.905. The van der Waals surface area contributed by atoms with Crippen LogP contribution in [0.25, 0.3) is 0 Å². The average molecular weight is 677 g/mol. The summed E-state index contributed by atoms with van der Waals surface area (Å²) in [5.74, 6) is 2.16. The van der Waals surface area contributed by atoms with E-state index in [1.165, 1.54) is 89.9 Å². The van der Waals surface area contributed by atoms with Gasteiger partial charge in [0, 0.05) is 37.5 Å². The molecule has 2 aliphatic rings. The van der Waals surface area contributed by atoms with Gasteiger partial charge in [0.2, 0.25) is 0 Å². The van der Waals surface area contributed by atoms with Gasteiger partial charge in [-0.1, -0.05) is 129 Å². The van der Waals surface area contributed by atoms with E-state index in [-0.39, 0.29) is 12.4 Å². The van der Waals surface area contributed by atoms with Crippen LogP contribution in [-0.2, 0) is 23.9 Å². The summed E-state index contributed by atoms with van der Waals surface area (Å²) in [6, 6.07) is 0. The van der Waals surface area contributed by atoms with Crippen LogP contribution in [0.2, 0.25) is 0 Å². The minimum absolute atomic E-state index is 0.0764. The van der Waals surface area contributed by atoms with Crippen molar-refractivity contribution in [3.05, 3.63) is 0 Å². The molecular weight excluding hydrogens is 600 g/mol. The zero-order valence-electron chi connectivity index (χ0n) is 31.7. The topological polar surface area (TPSA) is 97.7 Å². The van der Waals surface area contributed by atoms with Gasteiger partial charge < -0.3 is 9.84 Å². The summed E-state index contributed by atoms with van der Waals surface area (Å²) >= 11 is 0. The molecule has 6 heteroatoms. The first-order valence-electron chi connectivity index (χ1n) is 20.8. The Balaban J connectivity index is 0.000000482. The molecule has 1 N–H and O–H groups in total. The van der Waals surface area contributed by atoms with Gasteiger partial charge in [-0.3, -0.25) is 19.2 Å². The number of hydrogen-bond acceptors (Lipinski definition) is 5. The molecule has 2 saturated carbocycles. The molecule has 0 aromatic heterocycles. The third-order valence-corrected chi connectivity index (χ3v) is 11.0. The van der Waals surface area contributed by atoms with Crippen molar-refractivity contribution in [1.82, 2.24) is 0 Å². The zero-order chi connectivity index (χ0) is 35.2. The molecule has 280 valence electrons. The van der Waals surface area contributed by atoms with Crippen LogP contribution in [0.4, 0.5) is 0 Å². The number of rotatable bonds is 29. The molecule has 0 bridgehead atoms. The minimum atomic E-state index is -0.699. The quantitative estimate of drug-likeness (QED) is 0.0625. The molecule has 0 unspecified atom stereocenters. The lowest BCUT2D eigenvalue weighted by molar-refractivity contribution is -0.143. The Morgan fingerprint density at radius 1 is 0.542 bits per heavy atom. The number of carboxylic acid groups (broad SMARTS) is 1. The Morgan fingerprint density at radius 3 is 1.33 bits per heavy atom. The Labute approximate surface area is 295 Å². The predicted molar refractivity (Wildman–Crippen MR) is 198 cm³/mol. The molecule has 48 heavy (non-hydrogen) atoms. The van der Waals surface area contributed by atoms with Gasteiger partial charge in [0.25, 0.3) is 0 Å². The smallest absolute Gasteiger partial charge is 0.305 e. The SMILES string of the molecule is CCCCCCCC[C@H]1CCC(=O)[C@@H]1CCCCCCC(=O)O.CCCCCCCC[C@H]1CCC(=O)[C@@H]1CCCCCCC(=O)OCC. The lowest BCUT2D eigenvalue weighted by atomic mass is 9.86. The number of carbonyl (C=O) groups excluding carboxylic acids is 3. The highest BCUT2D eigenvalue weighted by Crippen LogP contribution is 2.37. The summed E-state index contributed by atoms with van der Waals surface area (Å²) in [4.78, 5) is 46.0. The van der Waals surface area contributed by atoms with Crippen LogP contribution in [0, 0.1) is 23.7 Å². The zero-order valence-corrected chi connectivity index (χ0v) is 31.7. The summed E-state index contributed by atoms with van der Waals surface area (Å²) in [7, 11) is 0. The van der Waals surface area contributed by atoms with E-state index in [1.54, 1.807) is 0 Å². The van der Waals surface area contributed by atoms with Gasteiger partial charge in [-0.2, -0.15) is 0 Å². The number of carbonyl (C=O) groups is 4. The van der Waals surface area contributed by atoms with Crippen LogP contribution >= 0.6 is 0 Å². The lowest BCUT2D eigenvalue weighted by Gasteiger charge is -2.18. The van der Waals surface area contributed by atoms with Crippen molar-refractivity contribution in [1.29, 1.82) is 0 Å². The highest BCUT2D eigenvalue weighted by molar-refractivity contribution is 5.83. The van der Waals surface area contributed by atoms with E-state index in [0.29, 0.717) is 48.3 Å². The number of aliphatic carboxylic acids is 1. The third kappa shape index (κ3) is 22.1. The van der Waals surface area contributed by atoms with Crippen molar-refractivity contribution in [3.8, 4) is 0 Å². The molecule has 0 aromatic rings. The Morgan fingerprint density at radius 2 is 0.917 bits per heavy atom. The molecule has 0 heterocycles. The summed E-state index contributed by atoms with van der Waals surface area (Å²) in [6.07, 6.45) is 33.4. The van der Waals surface area contributed by atoms with Gasteiger partial charge in [0.05, 0.1) is 6.61 Å². The Bertz CT molecular complexity index is 838. The van der Waals surface area contributed by atoms with Crippen molar-refractivity contribution >= 4 is 23.5 Å². The molecule has 0 spiro atoms. The summed E-state index contributed by atoms with van der Waals surface area (Å²) in [5, 5.41) is 8.62. The standard InChI is InChI=1S/C22H40O3.C20H36O3/c1-3-5-6-7-8-11-14-19-17-18-21(23)20(19)15-12-9-10-13-16-22(24)25-4-2;1-2-3-4-5-6-9-12-17-15-16-19(21)18(17)13-10-7-8-11-14-20(22)23/h19-20H,3-18H2,1-2H3;17-18H,2-16H2,1H3,(H,22,23)/t19-,20+;17-,18+/m00/s1. The molecule has 0 aromatic carbocycles. The van der Waals surface area contributed by atoms with Gasteiger partial charge in [-0.25, -0.2) is 0 Å². The summed E-state index contributed by atoms with van der Waals surface area (Å²) in [5.41, 5.74) is 0. The first-order valence-corrected chi connectivity index (χ1v) is 20.8. The fourth-order valence-corrected chi connectivity index (χ4v) is 8.03. The van der Waals surface area contributed by atoms with Gasteiger partial charge in [0.1, 0.15) is 11.6 Å². The summed E-state index contributed by atoms with van der Waals surface area (Å²) < 4.78 is 4.94. The van der Waals surface area contributed by atoms with Crippen LogP contribution in [0.15, 0.2) is 0 Å². The number of esters is 1. The van der Waals surface area contributed by atoms with E-state index in [1.807, 2.05) is 6.92 Å². The average Bonchev–Trinajstić information content (AvgIpc) is 3.60. The monoisotopic (exact) mass is 677 g/mol. The van der Waals surface area contributed by atoms with Crippen molar-refractivity contribution in [2.45, 2.75) is 213 Å². The van der Waals surface area contributed by atoms with Gasteiger partial charge >= 0.3 is 11.9 Å². The van der Waals surface area contributed by atoms with Gasteiger partial charge in [-0.05, 0) is 70.1 Å². The van der Waals surface area contributed by atoms with E-state index in [2.05, 4.69) is 13.8 Å². The third-order valence-electron chi connectivity index (χ3n) is 11.0. The predicted octanol–water partition coefficient (Wildman–Crippen LogP) is 12.0. The largest absolute Gasteiger partial charge is 0.481 e. The number of unbranched alkanes of at least 4 members (excludes halogenated alkanes) is 16. The van der Waals surface area contributed by atoms with Crippen LogP contribution in [-0.4, -0.2) is 35.2 Å². The lowest BCUT2D eigenvalue weighted by Crippen LogP contribution is -2.15. The Hall–Kier alpha value is -1.72. The molecular formula is C42H76O6. The second-order valence-electron chi connectivity index (χ2n) is 15.0. The number of carboxylic acids is 1. The van der Waals surface area contributed by atoms with Crippen molar-refractivity contribution < 1.29 is 29.0 Å². The fourth-order valence-electron chi connectivity index (χ4n) is 8.03. The highest BCUT2D eigenvalue weighted by Gasteiger charge is 2.34. The minimum Gasteiger partial charge on any atom is -0.481 e. The van der Waals surface area contributed by atoms with Crippen molar-refractivity contribution in [2.24, 2.45) is 23.7 Å². The van der Waals surface area contributed by atoms with E-state index in [4.69, 9.17) is 9.84 Å². The normalized spacial score (nSPS) is 20.6. The molecule has 6 nitrogen and oxygen atoms in total. The molecule has 2 fully saturated rings. The molecule has 2 rings (SSSR count). The molecule has 0 saturated heterocycles. The van der Waals surface area contributed by atoms with Crippen molar-refractivity contribution in [3.63, 3.8) is 0 Å². The molecule has 0 amide bonds. The second-order valence-corrected chi connectivity index (χ2v) is 15.0. The number of hydrogen-bond donors (Lipinski definition) is 1. The van der Waals surface area contributed by atoms with Crippen LogP contribution in [0.5, 0.6) is 0 Å². The van der Waals surface area contributed by atoms with E-state index in [0.717, 1.165) is 89.9 Å². The van der Waals surface area contributed by atoms with Crippen LogP contribution in [0.3, 0.4) is 0 Å². The van der Waals surface area contributed by atoms with Crippen LogP contribution in [0.1, 0.15) is 213 Å². The Kier molecular flexibility index (Phi) is 27.8. The first kappa shape index (κ1) is 44.3. The molecule has 0 aliphatic heterocycles.